The summed E-state index contributed by atoms with van der Waals surface area (Å²) in [4.78, 5) is 34.6. The quantitative estimate of drug-likeness (QED) is 0.428. The van der Waals surface area contributed by atoms with Gasteiger partial charge in [0.1, 0.15) is 0 Å². The van der Waals surface area contributed by atoms with Crippen LogP contribution in [0.3, 0.4) is 0 Å². The van der Waals surface area contributed by atoms with Crippen molar-refractivity contribution >= 4 is 23.5 Å². The van der Waals surface area contributed by atoms with Gasteiger partial charge in [-0.25, -0.2) is 4.79 Å². The molecule has 3 amide bonds. The van der Waals surface area contributed by atoms with E-state index in [2.05, 4.69) is 33.9 Å². The SMILES string of the molecule is C[C@@H]1CC[C@H](C)N1C(=O)N(C1CCCCC1)C1CCN(C(=O)[C@@H](Cc2ccc(Cl)cc2)N[C@H]2CC[C@@H](N)CC2)CC1. The van der Waals surface area contributed by atoms with Gasteiger partial charge in [-0.3, -0.25) is 4.79 Å². The lowest BCUT2D eigenvalue weighted by molar-refractivity contribution is -0.135. The maximum Gasteiger partial charge on any atom is 0.320 e. The number of rotatable bonds is 7. The number of benzene rings is 1. The molecule has 0 unspecified atom stereocenters. The number of hydrogen-bond donors (Lipinski definition) is 2. The number of carbonyl (C=O) groups excluding carboxylic acids is 2. The molecule has 2 saturated heterocycles. The number of urea groups is 1. The van der Waals surface area contributed by atoms with Gasteiger partial charge in [-0.05, 0) is 102 Å². The molecule has 0 spiro atoms. The molecule has 3 atom stereocenters. The molecule has 41 heavy (non-hydrogen) atoms. The van der Waals surface area contributed by atoms with Crippen molar-refractivity contribution in [3.8, 4) is 0 Å². The predicted molar refractivity (Wildman–Crippen MR) is 166 cm³/mol. The van der Waals surface area contributed by atoms with Gasteiger partial charge in [-0.15, -0.1) is 0 Å². The van der Waals surface area contributed by atoms with Crippen molar-refractivity contribution in [2.24, 2.45) is 5.73 Å². The molecule has 4 aliphatic rings. The van der Waals surface area contributed by atoms with Crippen LogP contribution in [0.2, 0.25) is 5.02 Å². The van der Waals surface area contributed by atoms with Gasteiger partial charge in [0, 0.05) is 54.4 Å². The summed E-state index contributed by atoms with van der Waals surface area (Å²) in [7, 11) is 0. The first kappa shape index (κ1) is 30.6. The highest BCUT2D eigenvalue weighted by molar-refractivity contribution is 6.30. The molecule has 0 radical (unpaired) electrons. The number of nitrogens with zero attached hydrogens (tertiary/aromatic N) is 3. The normalized spacial score (nSPS) is 29.0. The number of nitrogens with one attached hydrogen (secondary N) is 1. The Kier molecular flexibility index (Phi) is 10.5. The van der Waals surface area contributed by atoms with Crippen molar-refractivity contribution in [1.82, 2.24) is 20.0 Å². The average molecular weight is 586 g/mol. The van der Waals surface area contributed by atoms with E-state index in [1.54, 1.807) is 0 Å². The maximum atomic E-state index is 14.1. The van der Waals surface area contributed by atoms with E-state index in [4.69, 9.17) is 17.3 Å². The second-order valence-corrected chi connectivity index (χ2v) is 13.8. The van der Waals surface area contributed by atoms with Gasteiger partial charge in [0.05, 0.1) is 6.04 Å². The molecular weight excluding hydrogens is 534 g/mol. The van der Waals surface area contributed by atoms with Gasteiger partial charge in [0.2, 0.25) is 5.91 Å². The van der Waals surface area contributed by atoms with Crippen molar-refractivity contribution in [1.29, 1.82) is 0 Å². The molecule has 1 aromatic carbocycles. The third-order valence-electron chi connectivity index (χ3n) is 10.4. The number of carbonyl (C=O) groups is 2. The molecule has 0 bridgehead atoms. The number of halogens is 1. The summed E-state index contributed by atoms with van der Waals surface area (Å²) in [6.45, 7) is 5.82. The van der Waals surface area contributed by atoms with Crippen LogP contribution in [0.15, 0.2) is 24.3 Å². The molecular formula is C33H52ClN5O2. The topological polar surface area (TPSA) is 81.9 Å². The van der Waals surface area contributed by atoms with Gasteiger partial charge in [0.15, 0.2) is 0 Å². The van der Waals surface area contributed by atoms with E-state index in [1.165, 1.54) is 19.3 Å². The molecule has 5 rings (SSSR count). The van der Waals surface area contributed by atoms with Crippen LogP contribution in [0.4, 0.5) is 4.79 Å². The van der Waals surface area contributed by atoms with Crippen LogP contribution in [-0.4, -0.2) is 82.0 Å². The fourth-order valence-electron chi connectivity index (χ4n) is 7.90. The molecule has 2 saturated carbocycles. The Morgan fingerprint density at radius 3 is 2.07 bits per heavy atom. The summed E-state index contributed by atoms with van der Waals surface area (Å²) in [5.74, 6) is 0.186. The zero-order valence-electron chi connectivity index (χ0n) is 25.3. The van der Waals surface area contributed by atoms with Crippen molar-refractivity contribution in [3.63, 3.8) is 0 Å². The predicted octanol–water partition coefficient (Wildman–Crippen LogP) is 5.73. The molecule has 8 heteroatoms. The fourth-order valence-corrected chi connectivity index (χ4v) is 8.03. The Labute approximate surface area is 252 Å². The lowest BCUT2D eigenvalue weighted by Gasteiger charge is -2.46. The second kappa shape index (κ2) is 14.1. The van der Waals surface area contributed by atoms with Gasteiger partial charge < -0.3 is 25.8 Å². The molecule has 228 valence electrons. The first-order chi connectivity index (χ1) is 19.8. The summed E-state index contributed by atoms with van der Waals surface area (Å²) in [5.41, 5.74) is 7.28. The number of hydrogen-bond acceptors (Lipinski definition) is 4. The highest BCUT2D eigenvalue weighted by Gasteiger charge is 2.41. The monoisotopic (exact) mass is 585 g/mol. The summed E-state index contributed by atoms with van der Waals surface area (Å²) in [6, 6.07) is 9.59. The summed E-state index contributed by atoms with van der Waals surface area (Å²) in [6.07, 6.45) is 14.5. The van der Waals surface area contributed by atoms with Crippen LogP contribution in [0.5, 0.6) is 0 Å². The first-order valence-electron chi connectivity index (χ1n) is 16.5. The number of piperidine rings is 1. The summed E-state index contributed by atoms with van der Waals surface area (Å²) in [5, 5.41) is 4.45. The largest absolute Gasteiger partial charge is 0.341 e. The van der Waals surface area contributed by atoms with Gasteiger partial charge in [-0.1, -0.05) is 43.0 Å². The molecule has 2 aliphatic heterocycles. The van der Waals surface area contributed by atoms with Crippen molar-refractivity contribution in [2.75, 3.05) is 13.1 Å². The Balaban J connectivity index is 1.26. The highest BCUT2D eigenvalue weighted by atomic mass is 35.5. The van der Waals surface area contributed by atoms with Crippen molar-refractivity contribution in [3.05, 3.63) is 34.9 Å². The minimum atomic E-state index is -0.269. The minimum Gasteiger partial charge on any atom is -0.341 e. The summed E-state index contributed by atoms with van der Waals surface area (Å²) < 4.78 is 0. The van der Waals surface area contributed by atoms with E-state index < -0.39 is 0 Å². The van der Waals surface area contributed by atoms with Crippen molar-refractivity contribution in [2.45, 2.75) is 146 Å². The Morgan fingerprint density at radius 1 is 0.878 bits per heavy atom. The maximum absolute atomic E-state index is 14.1. The third-order valence-corrected chi connectivity index (χ3v) is 10.6. The van der Waals surface area contributed by atoms with Gasteiger partial charge in [-0.2, -0.15) is 0 Å². The second-order valence-electron chi connectivity index (χ2n) is 13.4. The van der Waals surface area contributed by atoms with Crippen LogP contribution >= 0.6 is 11.6 Å². The van der Waals surface area contributed by atoms with E-state index >= 15 is 0 Å². The average Bonchev–Trinajstić information content (AvgIpc) is 3.33. The Hall–Kier alpha value is -1.83. The molecule has 2 heterocycles. The summed E-state index contributed by atoms with van der Waals surface area (Å²) >= 11 is 6.14. The third kappa shape index (κ3) is 7.58. The number of nitrogens with two attached hydrogens (primary N) is 1. The molecule has 2 aliphatic carbocycles. The van der Waals surface area contributed by atoms with E-state index in [-0.39, 0.29) is 30.1 Å². The van der Waals surface area contributed by atoms with Gasteiger partial charge >= 0.3 is 6.03 Å². The molecule has 3 N–H and O–H groups in total. The number of likely N-dealkylation sites (tertiary alicyclic amines) is 2. The number of amides is 3. The smallest absolute Gasteiger partial charge is 0.320 e. The zero-order chi connectivity index (χ0) is 28.9. The molecule has 7 nitrogen and oxygen atoms in total. The van der Waals surface area contributed by atoms with Crippen molar-refractivity contribution < 1.29 is 9.59 Å². The molecule has 1 aromatic rings. The standard InChI is InChI=1S/C33H52ClN5O2/c1-23-8-9-24(2)38(23)33(41)39(29-6-4-3-5-7-29)30-18-20-37(21-19-30)32(40)31(22-25-10-12-26(34)13-11-25)36-28-16-14-27(35)15-17-28/h10-13,23-24,27-31,36H,3-9,14-22,35H2,1-2H3/t23-,24+,27-,28+,31-/m1/s1. The van der Waals surface area contributed by atoms with Crippen LogP contribution in [0.25, 0.3) is 0 Å². The van der Waals surface area contributed by atoms with E-state index in [0.717, 1.165) is 69.8 Å². The highest BCUT2D eigenvalue weighted by Crippen LogP contribution is 2.33. The Morgan fingerprint density at radius 2 is 1.46 bits per heavy atom. The molecule has 4 fully saturated rings. The van der Waals surface area contributed by atoms with Crippen LogP contribution in [0, 0.1) is 0 Å². The lowest BCUT2D eigenvalue weighted by Crippen LogP contribution is -2.59. The fraction of sp³-hybridized carbons (Fsp3) is 0.758. The van der Waals surface area contributed by atoms with E-state index in [9.17, 15) is 9.59 Å². The first-order valence-corrected chi connectivity index (χ1v) is 16.8. The van der Waals surface area contributed by atoms with Gasteiger partial charge in [0.25, 0.3) is 0 Å². The van der Waals surface area contributed by atoms with Crippen LogP contribution in [0.1, 0.15) is 103 Å². The van der Waals surface area contributed by atoms with E-state index in [1.807, 2.05) is 24.3 Å². The van der Waals surface area contributed by atoms with Crippen LogP contribution < -0.4 is 11.1 Å². The van der Waals surface area contributed by atoms with E-state index in [0.29, 0.717) is 48.7 Å². The molecule has 0 aromatic heterocycles. The van der Waals surface area contributed by atoms with Crippen LogP contribution in [-0.2, 0) is 11.2 Å². The Bertz CT molecular complexity index is 989. The zero-order valence-corrected chi connectivity index (χ0v) is 26.0. The lowest BCUT2D eigenvalue weighted by atomic mass is 9.90. The minimum absolute atomic E-state index is 0.186.